The minimum absolute atomic E-state index is 0.117. The highest BCUT2D eigenvalue weighted by molar-refractivity contribution is 5.81. The zero-order valence-corrected chi connectivity index (χ0v) is 12.1. The zero-order valence-electron chi connectivity index (χ0n) is 12.1. The molecule has 0 spiro atoms. The molecule has 0 aliphatic heterocycles. The molecule has 0 aromatic heterocycles. The molecule has 0 saturated carbocycles. The van der Waals surface area contributed by atoms with Crippen molar-refractivity contribution in [2.45, 2.75) is 31.7 Å². The second-order valence-electron chi connectivity index (χ2n) is 4.49. The Labute approximate surface area is 120 Å². The second kappa shape index (κ2) is 14.4. The Balaban J connectivity index is 3.39. The summed E-state index contributed by atoms with van der Waals surface area (Å²) in [6, 6.07) is -0.477. The maximum atomic E-state index is 11.6. The summed E-state index contributed by atoms with van der Waals surface area (Å²) < 4.78 is 5.20. The molecule has 20 heavy (non-hydrogen) atoms. The lowest BCUT2D eigenvalue weighted by atomic mass is 10.1. The van der Waals surface area contributed by atoms with Crippen molar-refractivity contribution >= 4 is 12.1 Å². The van der Waals surface area contributed by atoms with Gasteiger partial charge < -0.3 is 31.6 Å². The summed E-state index contributed by atoms with van der Waals surface area (Å²) in [6.07, 6.45) is 4.41. The summed E-state index contributed by atoms with van der Waals surface area (Å²) in [4.78, 5) is 11.6. The molecule has 0 aromatic carbocycles. The van der Waals surface area contributed by atoms with E-state index in [9.17, 15) is 4.79 Å². The highest BCUT2D eigenvalue weighted by Crippen LogP contribution is 1.98. The zero-order chi connectivity index (χ0) is 15.1. The van der Waals surface area contributed by atoms with Gasteiger partial charge in [0, 0.05) is 32.5 Å². The molecule has 1 atom stereocenters. The predicted molar refractivity (Wildman–Crippen MR) is 79.0 cm³/mol. The van der Waals surface area contributed by atoms with Crippen LogP contribution in [-0.2, 0) is 9.53 Å². The molecule has 6 N–H and O–H groups in total. The molecule has 0 heterocycles. The molecule has 7 heteroatoms. The average molecular weight is 288 g/mol. The molecule has 118 valence electrons. The first kappa shape index (κ1) is 19.0. The van der Waals surface area contributed by atoms with Gasteiger partial charge in [0.05, 0.1) is 12.6 Å². The van der Waals surface area contributed by atoms with Crippen LogP contribution in [0.5, 0.6) is 0 Å². The van der Waals surface area contributed by atoms with E-state index in [4.69, 9.17) is 21.0 Å². The fourth-order valence-electron chi connectivity index (χ4n) is 1.57. The van der Waals surface area contributed by atoms with E-state index >= 15 is 0 Å². The monoisotopic (exact) mass is 288 g/mol. The fourth-order valence-corrected chi connectivity index (χ4v) is 1.57. The highest BCUT2D eigenvalue weighted by Gasteiger charge is 2.11. The average Bonchev–Trinajstić information content (AvgIpc) is 2.45. The number of aliphatic hydroxyl groups is 1. The summed E-state index contributed by atoms with van der Waals surface area (Å²) in [5, 5.41) is 21.2. The molecule has 7 nitrogen and oxygen atoms in total. The van der Waals surface area contributed by atoms with Crippen molar-refractivity contribution in [1.29, 1.82) is 5.41 Å². The number of hydrogen-bond acceptors (Lipinski definition) is 6. The van der Waals surface area contributed by atoms with Gasteiger partial charge in [-0.3, -0.25) is 4.79 Å². The maximum Gasteiger partial charge on any atom is 0.236 e. The first-order chi connectivity index (χ1) is 9.72. The molecule has 0 radical (unpaired) electrons. The molecule has 1 unspecified atom stereocenters. The third kappa shape index (κ3) is 12.0. The van der Waals surface area contributed by atoms with Gasteiger partial charge in [-0.15, -0.1) is 0 Å². The van der Waals surface area contributed by atoms with E-state index in [2.05, 4.69) is 10.6 Å². The largest absolute Gasteiger partial charge is 0.396 e. The standard InChI is InChI=1S/C13H28N4O3/c14-5-7-16-6-2-1-4-12(15)13(19)17-8-11-20-10-3-9-18/h5,12,14,16,18H,1-4,6-11,15H2,(H,17,19). The lowest BCUT2D eigenvalue weighted by Crippen LogP contribution is -2.41. The predicted octanol–water partition coefficient (Wildman–Crippen LogP) is -0.762. The van der Waals surface area contributed by atoms with Crippen LogP contribution in [0.15, 0.2) is 0 Å². The lowest BCUT2D eigenvalue weighted by Gasteiger charge is -2.12. The molecular weight excluding hydrogens is 260 g/mol. The number of carbonyl (C=O) groups excluding carboxylic acids is 1. The maximum absolute atomic E-state index is 11.6. The van der Waals surface area contributed by atoms with Gasteiger partial charge in [-0.05, 0) is 25.8 Å². The smallest absolute Gasteiger partial charge is 0.236 e. The van der Waals surface area contributed by atoms with E-state index in [-0.39, 0.29) is 12.5 Å². The first-order valence-electron chi connectivity index (χ1n) is 7.14. The van der Waals surface area contributed by atoms with Crippen LogP contribution in [-0.4, -0.2) is 62.7 Å². The topological polar surface area (TPSA) is 120 Å². The Kier molecular flexibility index (Phi) is 13.7. The van der Waals surface area contributed by atoms with Gasteiger partial charge in [-0.1, -0.05) is 6.42 Å². The van der Waals surface area contributed by atoms with Crippen molar-refractivity contribution < 1.29 is 14.6 Å². The fraction of sp³-hybridized carbons (Fsp3) is 0.846. The number of carbonyl (C=O) groups is 1. The van der Waals surface area contributed by atoms with Crippen LogP contribution in [0.3, 0.4) is 0 Å². The Hall–Kier alpha value is -1.02. The van der Waals surface area contributed by atoms with Crippen molar-refractivity contribution in [2.24, 2.45) is 5.73 Å². The van der Waals surface area contributed by atoms with Gasteiger partial charge in [-0.2, -0.15) is 0 Å². The van der Waals surface area contributed by atoms with E-state index in [1.165, 1.54) is 6.21 Å². The van der Waals surface area contributed by atoms with Crippen molar-refractivity contribution in [3.05, 3.63) is 0 Å². The van der Waals surface area contributed by atoms with Crippen LogP contribution in [0.4, 0.5) is 0 Å². The summed E-state index contributed by atoms with van der Waals surface area (Å²) in [7, 11) is 0. The number of nitrogens with one attached hydrogen (secondary N) is 3. The molecule has 0 aromatic rings. The van der Waals surface area contributed by atoms with E-state index in [0.29, 0.717) is 39.1 Å². The van der Waals surface area contributed by atoms with Gasteiger partial charge in [0.25, 0.3) is 0 Å². The number of rotatable bonds is 14. The van der Waals surface area contributed by atoms with Crippen molar-refractivity contribution in [2.75, 3.05) is 39.5 Å². The number of nitrogens with two attached hydrogens (primary N) is 1. The van der Waals surface area contributed by atoms with Crippen molar-refractivity contribution in [3.8, 4) is 0 Å². The van der Waals surface area contributed by atoms with Crippen LogP contribution in [0.1, 0.15) is 25.7 Å². The van der Waals surface area contributed by atoms with Crippen molar-refractivity contribution in [1.82, 2.24) is 10.6 Å². The summed E-state index contributed by atoms with van der Waals surface area (Å²) >= 11 is 0. The van der Waals surface area contributed by atoms with Crippen molar-refractivity contribution in [3.63, 3.8) is 0 Å². The van der Waals surface area contributed by atoms with E-state index in [1.807, 2.05) is 0 Å². The minimum Gasteiger partial charge on any atom is -0.396 e. The number of unbranched alkanes of at least 4 members (excludes halogenated alkanes) is 1. The molecule has 0 bridgehead atoms. The molecular formula is C13H28N4O3. The van der Waals surface area contributed by atoms with Gasteiger partial charge >= 0.3 is 0 Å². The van der Waals surface area contributed by atoms with Gasteiger partial charge in [0.2, 0.25) is 5.91 Å². The van der Waals surface area contributed by atoms with Gasteiger partial charge in [0.15, 0.2) is 0 Å². The first-order valence-corrected chi connectivity index (χ1v) is 7.14. The van der Waals surface area contributed by atoms with E-state index < -0.39 is 6.04 Å². The third-order valence-electron chi connectivity index (χ3n) is 2.69. The normalized spacial score (nSPS) is 12.1. The van der Waals surface area contributed by atoms with Crippen LogP contribution in [0, 0.1) is 5.41 Å². The lowest BCUT2D eigenvalue weighted by molar-refractivity contribution is -0.122. The molecule has 0 fully saturated rings. The minimum atomic E-state index is -0.477. The molecule has 0 saturated heterocycles. The van der Waals surface area contributed by atoms with Gasteiger partial charge in [0.1, 0.15) is 0 Å². The summed E-state index contributed by atoms with van der Waals surface area (Å²) in [5.74, 6) is -0.150. The number of ether oxygens (including phenoxy) is 1. The number of amides is 1. The van der Waals surface area contributed by atoms with Gasteiger partial charge in [-0.25, -0.2) is 0 Å². The summed E-state index contributed by atoms with van der Waals surface area (Å²) in [5.41, 5.74) is 5.78. The van der Waals surface area contributed by atoms with Crippen LogP contribution in [0.25, 0.3) is 0 Å². The summed E-state index contributed by atoms with van der Waals surface area (Å²) in [6.45, 7) is 2.92. The van der Waals surface area contributed by atoms with E-state index in [0.717, 1.165) is 19.4 Å². The van der Waals surface area contributed by atoms with Crippen LogP contribution in [0.2, 0.25) is 0 Å². The van der Waals surface area contributed by atoms with Crippen LogP contribution < -0.4 is 16.4 Å². The molecule has 0 aliphatic carbocycles. The highest BCUT2D eigenvalue weighted by atomic mass is 16.5. The Bertz CT molecular complexity index is 252. The molecule has 0 rings (SSSR count). The SMILES string of the molecule is N=CCNCCCCC(N)C(=O)NCCOCCCO. The van der Waals surface area contributed by atoms with Crippen LogP contribution >= 0.6 is 0 Å². The number of aliphatic hydroxyl groups excluding tert-OH is 1. The molecule has 0 aliphatic rings. The molecule has 1 amide bonds. The van der Waals surface area contributed by atoms with E-state index in [1.54, 1.807) is 0 Å². The Morgan fingerprint density at radius 1 is 1.30 bits per heavy atom. The quantitative estimate of drug-likeness (QED) is 0.212. The third-order valence-corrected chi connectivity index (χ3v) is 2.69. The Morgan fingerprint density at radius 3 is 2.80 bits per heavy atom. The second-order valence-corrected chi connectivity index (χ2v) is 4.49. The number of hydrogen-bond donors (Lipinski definition) is 5. The Morgan fingerprint density at radius 2 is 2.10 bits per heavy atom.